The highest BCUT2D eigenvalue weighted by atomic mass is 35.5. The van der Waals surface area contributed by atoms with E-state index in [4.69, 9.17) is 23.2 Å². The maximum absolute atomic E-state index is 13.1. The SMILES string of the molecule is CC.CC(C)c1cc(Cl)c(Cl)cc1F. The van der Waals surface area contributed by atoms with E-state index < -0.39 is 0 Å². The van der Waals surface area contributed by atoms with Crippen LogP contribution in [-0.4, -0.2) is 0 Å². The second kappa shape index (κ2) is 6.26. The lowest BCUT2D eigenvalue weighted by Crippen LogP contribution is -1.92. The van der Waals surface area contributed by atoms with Gasteiger partial charge in [0.05, 0.1) is 10.0 Å². The highest BCUT2D eigenvalue weighted by molar-refractivity contribution is 6.42. The normalized spacial score (nSPS) is 9.71. The smallest absolute Gasteiger partial charge is 0.128 e. The molecule has 3 heteroatoms. The van der Waals surface area contributed by atoms with Crippen molar-refractivity contribution < 1.29 is 4.39 Å². The lowest BCUT2D eigenvalue weighted by molar-refractivity contribution is 0.598. The number of rotatable bonds is 1. The van der Waals surface area contributed by atoms with E-state index in [1.54, 1.807) is 6.07 Å². The fourth-order valence-electron chi connectivity index (χ4n) is 0.980. The van der Waals surface area contributed by atoms with E-state index >= 15 is 0 Å². The minimum Gasteiger partial charge on any atom is -0.207 e. The summed E-state index contributed by atoms with van der Waals surface area (Å²) in [7, 11) is 0. The Labute approximate surface area is 95.0 Å². The summed E-state index contributed by atoms with van der Waals surface area (Å²) in [4.78, 5) is 0. The molecule has 0 nitrogen and oxygen atoms in total. The summed E-state index contributed by atoms with van der Waals surface area (Å²) in [5.74, 6) is -0.167. The third-order valence-corrected chi connectivity index (χ3v) is 2.38. The number of benzene rings is 1. The zero-order valence-electron chi connectivity index (χ0n) is 8.87. The summed E-state index contributed by atoms with van der Waals surface area (Å²) in [6.07, 6.45) is 0. The van der Waals surface area contributed by atoms with Crippen molar-refractivity contribution in [2.75, 3.05) is 0 Å². The van der Waals surface area contributed by atoms with Gasteiger partial charge in [0.2, 0.25) is 0 Å². The minimum atomic E-state index is -0.292. The van der Waals surface area contributed by atoms with Gasteiger partial charge in [-0.3, -0.25) is 0 Å². The largest absolute Gasteiger partial charge is 0.207 e. The van der Waals surface area contributed by atoms with Crippen LogP contribution in [0.3, 0.4) is 0 Å². The van der Waals surface area contributed by atoms with E-state index in [1.165, 1.54) is 6.07 Å². The van der Waals surface area contributed by atoms with Gasteiger partial charge in [0, 0.05) is 0 Å². The number of hydrogen-bond donors (Lipinski definition) is 0. The summed E-state index contributed by atoms with van der Waals surface area (Å²) in [5, 5.41) is 0.667. The highest BCUT2D eigenvalue weighted by Gasteiger charge is 2.09. The van der Waals surface area contributed by atoms with Gasteiger partial charge in [-0.15, -0.1) is 0 Å². The standard InChI is InChI=1S/C9H9Cl2F.C2H6/c1-5(2)6-3-7(10)8(11)4-9(6)12;1-2/h3-5H,1-2H3;1-2H3. The van der Waals surface area contributed by atoms with Crippen LogP contribution in [0.15, 0.2) is 12.1 Å². The van der Waals surface area contributed by atoms with Crippen LogP contribution < -0.4 is 0 Å². The van der Waals surface area contributed by atoms with E-state index in [9.17, 15) is 4.39 Å². The van der Waals surface area contributed by atoms with Crippen molar-refractivity contribution in [1.82, 2.24) is 0 Å². The molecule has 0 fully saturated rings. The van der Waals surface area contributed by atoms with Crippen LogP contribution in [0.1, 0.15) is 39.2 Å². The zero-order chi connectivity index (χ0) is 11.3. The molecule has 0 saturated carbocycles. The van der Waals surface area contributed by atoms with Crippen molar-refractivity contribution in [2.24, 2.45) is 0 Å². The quantitative estimate of drug-likeness (QED) is 0.582. The summed E-state index contributed by atoms with van der Waals surface area (Å²) in [5.41, 5.74) is 0.601. The Morgan fingerprint density at radius 1 is 1.07 bits per heavy atom. The lowest BCUT2D eigenvalue weighted by atomic mass is 10.0. The van der Waals surface area contributed by atoms with Crippen molar-refractivity contribution in [3.63, 3.8) is 0 Å². The summed E-state index contributed by atoms with van der Waals surface area (Å²) in [6.45, 7) is 7.81. The Morgan fingerprint density at radius 2 is 1.50 bits per heavy atom. The molecule has 0 unspecified atom stereocenters. The molecular weight excluding hydrogens is 222 g/mol. The molecule has 0 spiro atoms. The molecule has 1 aromatic rings. The average molecular weight is 237 g/mol. The Bertz CT molecular complexity index is 296. The molecule has 0 heterocycles. The van der Waals surface area contributed by atoms with Gasteiger partial charge in [0.25, 0.3) is 0 Å². The van der Waals surface area contributed by atoms with E-state index in [1.807, 2.05) is 27.7 Å². The molecule has 0 aromatic heterocycles. The van der Waals surface area contributed by atoms with E-state index in [0.717, 1.165) is 0 Å². The van der Waals surface area contributed by atoms with Crippen LogP contribution in [0.25, 0.3) is 0 Å². The first-order chi connectivity index (χ1) is 6.52. The summed E-state index contributed by atoms with van der Waals surface area (Å²) >= 11 is 11.3. The van der Waals surface area contributed by atoms with E-state index in [2.05, 4.69) is 0 Å². The molecule has 0 aliphatic heterocycles. The summed E-state index contributed by atoms with van der Waals surface area (Å²) in [6, 6.07) is 2.82. The fraction of sp³-hybridized carbons (Fsp3) is 0.455. The van der Waals surface area contributed by atoms with Gasteiger partial charge in [-0.1, -0.05) is 50.9 Å². The molecule has 0 N–H and O–H groups in total. The first-order valence-corrected chi connectivity index (χ1v) is 5.42. The average Bonchev–Trinajstić information content (AvgIpc) is 2.14. The van der Waals surface area contributed by atoms with Crippen LogP contribution in [0.4, 0.5) is 4.39 Å². The predicted octanol–water partition coefficient (Wildman–Crippen LogP) is 5.28. The molecule has 1 aromatic carbocycles. The molecule has 0 radical (unpaired) electrons. The highest BCUT2D eigenvalue weighted by Crippen LogP contribution is 2.28. The summed E-state index contributed by atoms with van der Waals surface area (Å²) < 4.78 is 13.1. The first-order valence-electron chi connectivity index (χ1n) is 4.67. The monoisotopic (exact) mass is 236 g/mol. The van der Waals surface area contributed by atoms with Gasteiger partial charge in [-0.2, -0.15) is 0 Å². The van der Waals surface area contributed by atoms with Crippen molar-refractivity contribution in [2.45, 2.75) is 33.6 Å². The Balaban J connectivity index is 0.000000791. The molecule has 0 bridgehead atoms. The van der Waals surface area contributed by atoms with Crippen LogP contribution in [0.2, 0.25) is 10.0 Å². The van der Waals surface area contributed by atoms with Crippen LogP contribution in [0.5, 0.6) is 0 Å². The third-order valence-electron chi connectivity index (χ3n) is 1.66. The second-order valence-electron chi connectivity index (χ2n) is 2.94. The third kappa shape index (κ3) is 3.47. The van der Waals surface area contributed by atoms with Gasteiger partial charge < -0.3 is 0 Å². The molecule has 1 rings (SSSR count). The van der Waals surface area contributed by atoms with Crippen LogP contribution in [0, 0.1) is 5.82 Å². The second-order valence-corrected chi connectivity index (χ2v) is 3.76. The molecule has 14 heavy (non-hydrogen) atoms. The first kappa shape index (κ1) is 13.7. The maximum atomic E-state index is 13.1. The van der Waals surface area contributed by atoms with E-state index in [0.29, 0.717) is 10.6 Å². The molecule has 0 aliphatic rings. The van der Waals surface area contributed by atoms with Gasteiger partial charge in [0.1, 0.15) is 5.82 Å². The molecule has 0 saturated heterocycles. The van der Waals surface area contributed by atoms with Gasteiger partial charge >= 0.3 is 0 Å². The van der Waals surface area contributed by atoms with Crippen molar-refractivity contribution in [3.8, 4) is 0 Å². The minimum absolute atomic E-state index is 0.125. The van der Waals surface area contributed by atoms with Gasteiger partial charge in [-0.05, 0) is 23.6 Å². The van der Waals surface area contributed by atoms with E-state index in [-0.39, 0.29) is 16.8 Å². The fourth-order valence-corrected chi connectivity index (χ4v) is 1.30. The Hall–Kier alpha value is -0.270. The molecule has 80 valence electrons. The van der Waals surface area contributed by atoms with Crippen LogP contribution in [-0.2, 0) is 0 Å². The number of hydrogen-bond acceptors (Lipinski definition) is 0. The maximum Gasteiger partial charge on any atom is 0.128 e. The topological polar surface area (TPSA) is 0 Å². The molecule has 0 aliphatic carbocycles. The Kier molecular flexibility index (Phi) is 6.14. The van der Waals surface area contributed by atoms with Gasteiger partial charge in [-0.25, -0.2) is 4.39 Å². The van der Waals surface area contributed by atoms with Crippen LogP contribution >= 0.6 is 23.2 Å². The van der Waals surface area contributed by atoms with Crippen molar-refractivity contribution in [1.29, 1.82) is 0 Å². The predicted molar refractivity (Wildman–Crippen MR) is 61.9 cm³/mol. The Morgan fingerprint density at radius 3 is 1.93 bits per heavy atom. The zero-order valence-corrected chi connectivity index (χ0v) is 10.4. The molecule has 0 amide bonds. The number of halogens is 3. The van der Waals surface area contributed by atoms with Crippen molar-refractivity contribution >= 4 is 23.2 Å². The lowest BCUT2D eigenvalue weighted by Gasteiger charge is -2.07. The van der Waals surface area contributed by atoms with Gasteiger partial charge in [0.15, 0.2) is 0 Å². The molecule has 0 atom stereocenters. The van der Waals surface area contributed by atoms with Crippen molar-refractivity contribution in [3.05, 3.63) is 33.6 Å². The molecular formula is C11H15Cl2F.